The van der Waals surface area contributed by atoms with E-state index in [1.54, 1.807) is 11.7 Å². The first-order chi connectivity index (χ1) is 6.83. The number of halogens is 1. The molecule has 4 nitrogen and oxygen atoms in total. The fourth-order valence-electron chi connectivity index (χ4n) is 1.31. The van der Waals surface area contributed by atoms with Crippen LogP contribution in [0, 0.1) is 0 Å². The Hall–Kier alpha value is -1.42. The van der Waals surface area contributed by atoms with Gasteiger partial charge in [0.2, 0.25) is 0 Å². The zero-order valence-corrected chi connectivity index (χ0v) is 8.44. The lowest BCUT2D eigenvalue weighted by Gasteiger charge is -2.03. The van der Waals surface area contributed by atoms with E-state index in [4.69, 9.17) is 11.6 Å². The van der Waals surface area contributed by atoms with E-state index >= 15 is 0 Å². The third-order valence-electron chi connectivity index (χ3n) is 2.02. The molecule has 0 aliphatic carbocycles. The minimum Gasteiger partial charge on any atom is -0.229 e. The van der Waals surface area contributed by atoms with E-state index in [0.29, 0.717) is 5.88 Å². The molecule has 0 N–H and O–H groups in total. The fraction of sp³-hybridized carbons (Fsp3) is 0.222. The van der Waals surface area contributed by atoms with Crippen LogP contribution in [0.25, 0.3) is 11.4 Å². The summed E-state index contributed by atoms with van der Waals surface area (Å²) in [5.41, 5.74) is 2.02. The van der Waals surface area contributed by atoms with Gasteiger partial charge in [-0.15, -0.1) is 16.7 Å². The molecule has 1 aromatic heterocycles. The number of hydrogen-bond donors (Lipinski definition) is 0. The summed E-state index contributed by atoms with van der Waals surface area (Å²) in [6.07, 6.45) is 0. The molecule has 1 heterocycles. The Morgan fingerprint density at radius 3 is 2.79 bits per heavy atom. The number of tetrazole rings is 1. The number of nitrogens with zero attached hydrogens (tertiary/aromatic N) is 4. The summed E-state index contributed by atoms with van der Waals surface area (Å²) in [7, 11) is 1.81. The van der Waals surface area contributed by atoms with Crippen molar-refractivity contribution in [1.29, 1.82) is 0 Å². The molecule has 72 valence electrons. The summed E-state index contributed by atoms with van der Waals surface area (Å²) in [6, 6.07) is 7.82. The van der Waals surface area contributed by atoms with Gasteiger partial charge in [-0.3, -0.25) is 0 Å². The van der Waals surface area contributed by atoms with Gasteiger partial charge in [0, 0.05) is 18.5 Å². The molecule has 0 amide bonds. The van der Waals surface area contributed by atoms with Gasteiger partial charge < -0.3 is 0 Å². The Labute approximate surface area is 86.5 Å². The highest BCUT2D eigenvalue weighted by Crippen LogP contribution is 2.21. The number of alkyl halides is 1. The normalized spacial score (nSPS) is 10.4. The molecule has 1 aromatic carbocycles. The lowest BCUT2D eigenvalue weighted by molar-refractivity contribution is 0.714. The molecular formula is C9H9ClN4. The standard InChI is InChI=1S/C9H9ClN4/c1-14-9(11-12-13-14)8-5-3-2-4-7(8)6-10/h2-5H,6H2,1H3. The third-order valence-corrected chi connectivity index (χ3v) is 2.31. The Morgan fingerprint density at radius 1 is 1.36 bits per heavy atom. The molecule has 0 atom stereocenters. The van der Waals surface area contributed by atoms with Gasteiger partial charge in [0.1, 0.15) is 0 Å². The van der Waals surface area contributed by atoms with Crippen LogP contribution in [-0.4, -0.2) is 20.2 Å². The van der Waals surface area contributed by atoms with Gasteiger partial charge in [-0.05, 0) is 16.0 Å². The van der Waals surface area contributed by atoms with E-state index in [9.17, 15) is 0 Å². The number of hydrogen-bond acceptors (Lipinski definition) is 3. The molecule has 14 heavy (non-hydrogen) atoms. The molecular weight excluding hydrogens is 200 g/mol. The van der Waals surface area contributed by atoms with Crippen molar-refractivity contribution in [3.63, 3.8) is 0 Å². The molecule has 0 saturated carbocycles. The average Bonchev–Trinajstić information content (AvgIpc) is 2.64. The minimum atomic E-state index is 0.461. The van der Waals surface area contributed by atoms with Gasteiger partial charge in [0.05, 0.1) is 0 Å². The number of aromatic nitrogens is 4. The van der Waals surface area contributed by atoms with Crippen LogP contribution in [0.4, 0.5) is 0 Å². The topological polar surface area (TPSA) is 43.6 Å². The summed E-state index contributed by atoms with van der Waals surface area (Å²) in [5.74, 6) is 1.20. The van der Waals surface area contributed by atoms with Gasteiger partial charge in [0.15, 0.2) is 5.82 Å². The van der Waals surface area contributed by atoms with Crippen molar-refractivity contribution < 1.29 is 0 Å². The van der Waals surface area contributed by atoms with Gasteiger partial charge in [-0.2, -0.15) is 0 Å². The van der Waals surface area contributed by atoms with Gasteiger partial charge in [-0.25, -0.2) is 4.68 Å². The summed E-state index contributed by atoms with van der Waals surface area (Å²) in [6.45, 7) is 0. The summed E-state index contributed by atoms with van der Waals surface area (Å²) < 4.78 is 1.63. The molecule has 0 spiro atoms. The van der Waals surface area contributed by atoms with Gasteiger partial charge in [-0.1, -0.05) is 24.3 Å². The molecule has 0 fully saturated rings. The van der Waals surface area contributed by atoms with Crippen molar-refractivity contribution in [2.45, 2.75) is 5.88 Å². The maximum atomic E-state index is 5.82. The van der Waals surface area contributed by atoms with Crippen molar-refractivity contribution in [2.75, 3.05) is 0 Å². The summed E-state index contributed by atoms with van der Waals surface area (Å²) in [5, 5.41) is 11.3. The first kappa shape index (κ1) is 9.15. The second-order valence-electron chi connectivity index (χ2n) is 2.92. The van der Waals surface area contributed by atoms with Crippen LogP contribution in [0.15, 0.2) is 24.3 Å². The molecule has 0 unspecified atom stereocenters. The van der Waals surface area contributed by atoms with Crippen molar-refractivity contribution in [1.82, 2.24) is 20.2 Å². The fourth-order valence-corrected chi connectivity index (χ4v) is 1.55. The highest BCUT2D eigenvalue weighted by atomic mass is 35.5. The van der Waals surface area contributed by atoms with Crippen molar-refractivity contribution in [3.8, 4) is 11.4 Å². The van der Waals surface area contributed by atoms with E-state index in [2.05, 4.69) is 15.5 Å². The molecule has 0 aliphatic rings. The lowest BCUT2D eigenvalue weighted by Crippen LogP contribution is -1.96. The van der Waals surface area contributed by atoms with Crippen molar-refractivity contribution in [3.05, 3.63) is 29.8 Å². The van der Waals surface area contributed by atoms with Crippen LogP contribution in [0.3, 0.4) is 0 Å². The monoisotopic (exact) mass is 208 g/mol. The number of benzene rings is 1. The lowest BCUT2D eigenvalue weighted by atomic mass is 10.1. The Kier molecular flexibility index (Phi) is 2.45. The smallest absolute Gasteiger partial charge is 0.182 e. The highest BCUT2D eigenvalue weighted by molar-refractivity contribution is 6.17. The first-order valence-corrected chi connectivity index (χ1v) is 4.73. The molecule has 0 radical (unpaired) electrons. The van der Waals surface area contributed by atoms with E-state index < -0.39 is 0 Å². The Balaban J connectivity index is 2.56. The molecule has 0 aliphatic heterocycles. The SMILES string of the molecule is Cn1nnnc1-c1ccccc1CCl. The molecule has 2 aromatic rings. The molecule has 5 heteroatoms. The van der Waals surface area contributed by atoms with E-state index in [1.807, 2.05) is 24.3 Å². The molecule has 0 bridgehead atoms. The summed E-state index contributed by atoms with van der Waals surface area (Å²) >= 11 is 5.82. The van der Waals surface area contributed by atoms with E-state index in [-0.39, 0.29) is 0 Å². The van der Waals surface area contributed by atoms with Crippen LogP contribution in [-0.2, 0) is 12.9 Å². The first-order valence-electron chi connectivity index (χ1n) is 4.19. The van der Waals surface area contributed by atoms with Crippen LogP contribution < -0.4 is 0 Å². The van der Waals surface area contributed by atoms with Crippen molar-refractivity contribution >= 4 is 11.6 Å². The van der Waals surface area contributed by atoms with E-state index in [1.165, 1.54) is 0 Å². The third kappa shape index (κ3) is 1.48. The van der Waals surface area contributed by atoms with Crippen molar-refractivity contribution in [2.24, 2.45) is 7.05 Å². The molecule has 0 saturated heterocycles. The second-order valence-corrected chi connectivity index (χ2v) is 3.18. The Morgan fingerprint density at radius 2 is 2.14 bits per heavy atom. The molecule has 2 rings (SSSR count). The van der Waals surface area contributed by atoms with Crippen LogP contribution >= 0.6 is 11.6 Å². The maximum absolute atomic E-state index is 5.82. The van der Waals surface area contributed by atoms with Gasteiger partial charge >= 0.3 is 0 Å². The zero-order chi connectivity index (χ0) is 9.97. The highest BCUT2D eigenvalue weighted by Gasteiger charge is 2.09. The van der Waals surface area contributed by atoms with Crippen LogP contribution in [0.2, 0.25) is 0 Å². The van der Waals surface area contributed by atoms with Crippen LogP contribution in [0.5, 0.6) is 0 Å². The number of aryl methyl sites for hydroxylation is 1. The van der Waals surface area contributed by atoms with E-state index in [0.717, 1.165) is 17.0 Å². The average molecular weight is 209 g/mol. The predicted octanol–water partition coefficient (Wildman–Crippen LogP) is 1.62. The minimum absolute atomic E-state index is 0.461. The van der Waals surface area contributed by atoms with Crippen LogP contribution in [0.1, 0.15) is 5.56 Å². The zero-order valence-electron chi connectivity index (χ0n) is 7.68. The Bertz CT molecular complexity index is 438. The maximum Gasteiger partial charge on any atom is 0.182 e. The largest absolute Gasteiger partial charge is 0.229 e. The summed E-state index contributed by atoms with van der Waals surface area (Å²) in [4.78, 5) is 0. The second kappa shape index (κ2) is 3.75. The number of rotatable bonds is 2. The predicted molar refractivity (Wildman–Crippen MR) is 53.8 cm³/mol. The van der Waals surface area contributed by atoms with Gasteiger partial charge in [0.25, 0.3) is 0 Å². The quantitative estimate of drug-likeness (QED) is 0.705.